The van der Waals surface area contributed by atoms with Crippen LogP contribution in [0.1, 0.15) is 5.56 Å². The summed E-state index contributed by atoms with van der Waals surface area (Å²) in [5.41, 5.74) is 0.253. The number of guanidine groups is 1. The molecular formula is C14H12ClF4N3O. The average molecular weight is 350 g/mol. The first kappa shape index (κ1) is 17.3. The second kappa shape index (κ2) is 6.99. The van der Waals surface area contributed by atoms with Gasteiger partial charge in [-0.1, -0.05) is 11.6 Å². The summed E-state index contributed by atoms with van der Waals surface area (Å²) >= 11 is 5.84. The molecule has 1 aromatic rings. The van der Waals surface area contributed by atoms with Crippen molar-refractivity contribution < 1.29 is 22.4 Å². The lowest BCUT2D eigenvalue weighted by Gasteiger charge is -2.31. The van der Waals surface area contributed by atoms with Crippen LogP contribution in [0, 0.1) is 12.7 Å². The van der Waals surface area contributed by atoms with E-state index in [1.807, 2.05) is 0 Å². The molecule has 0 saturated carbocycles. The first-order valence-electron chi connectivity index (χ1n) is 6.52. The SMILES string of the molecule is Cc1c(Cl)ccc(N2C(=O)C=C(F)N3CCN=C32)c1F.FCF. The van der Waals surface area contributed by atoms with Gasteiger partial charge in [0.1, 0.15) is 0 Å². The highest BCUT2D eigenvalue weighted by molar-refractivity contribution is 6.31. The van der Waals surface area contributed by atoms with Crippen LogP contribution in [-0.4, -0.2) is 36.8 Å². The van der Waals surface area contributed by atoms with Gasteiger partial charge in [0.15, 0.2) is 5.82 Å². The molecule has 2 aliphatic heterocycles. The highest BCUT2D eigenvalue weighted by Gasteiger charge is 2.36. The minimum atomic E-state index is -1.75. The number of rotatable bonds is 1. The summed E-state index contributed by atoms with van der Waals surface area (Å²) in [5, 5.41) is 0.266. The summed E-state index contributed by atoms with van der Waals surface area (Å²) in [6.45, 7) is 0.449. The molecule has 0 saturated heterocycles. The molecule has 0 unspecified atom stereocenters. The van der Waals surface area contributed by atoms with Crippen LogP contribution in [0.15, 0.2) is 29.2 Å². The molecule has 1 amide bonds. The van der Waals surface area contributed by atoms with Gasteiger partial charge in [-0.2, -0.15) is 4.39 Å². The Bertz CT molecular complexity index is 693. The van der Waals surface area contributed by atoms with Crippen molar-refractivity contribution in [3.63, 3.8) is 0 Å². The Kier molecular flexibility index (Phi) is 5.25. The van der Waals surface area contributed by atoms with Gasteiger partial charge in [-0.15, -0.1) is 0 Å². The molecule has 3 rings (SSSR count). The molecule has 0 spiro atoms. The summed E-state index contributed by atoms with van der Waals surface area (Å²) in [4.78, 5) is 18.4. The molecule has 0 aliphatic carbocycles. The fraction of sp³-hybridized carbons (Fsp3) is 0.286. The molecule has 4 nitrogen and oxygen atoms in total. The van der Waals surface area contributed by atoms with E-state index in [1.165, 1.54) is 24.0 Å². The van der Waals surface area contributed by atoms with Crippen LogP contribution in [0.3, 0.4) is 0 Å². The Morgan fingerprint density at radius 3 is 2.61 bits per heavy atom. The predicted octanol–water partition coefficient (Wildman–Crippen LogP) is 3.50. The van der Waals surface area contributed by atoms with Crippen molar-refractivity contribution in [1.82, 2.24) is 4.90 Å². The Morgan fingerprint density at radius 2 is 1.96 bits per heavy atom. The standard InChI is InChI=1S/C13H10ClF2N3O.CH2F2/c1-7-8(14)2-3-9(12(7)16)19-11(20)6-10(15)18-5-4-17-13(18)19;2-1-3/h2-3,6H,4-5H2,1H3;1H2. The minimum Gasteiger partial charge on any atom is -0.286 e. The third-order valence-electron chi connectivity index (χ3n) is 3.28. The maximum Gasteiger partial charge on any atom is 0.262 e. The number of aliphatic imine (C=N–C) groups is 1. The third kappa shape index (κ3) is 3.17. The van der Waals surface area contributed by atoms with E-state index in [9.17, 15) is 22.4 Å². The summed E-state index contributed by atoms with van der Waals surface area (Å²) < 4.78 is 47.2. The van der Waals surface area contributed by atoms with E-state index in [4.69, 9.17) is 11.6 Å². The Hall–Kier alpha value is -2.09. The number of anilines is 1. The van der Waals surface area contributed by atoms with E-state index in [1.54, 1.807) is 0 Å². The molecule has 2 heterocycles. The average Bonchev–Trinajstić information content (AvgIpc) is 2.97. The molecule has 9 heteroatoms. The van der Waals surface area contributed by atoms with Gasteiger partial charge in [0.25, 0.3) is 5.91 Å². The van der Waals surface area contributed by atoms with Crippen molar-refractivity contribution in [2.75, 3.05) is 24.9 Å². The molecule has 1 aromatic carbocycles. The molecule has 0 atom stereocenters. The van der Waals surface area contributed by atoms with Crippen molar-refractivity contribution >= 4 is 29.2 Å². The molecule has 0 radical (unpaired) electrons. The maximum absolute atomic E-state index is 14.3. The normalized spacial score (nSPS) is 16.5. The summed E-state index contributed by atoms with van der Waals surface area (Å²) in [7, 11) is 0. The Balaban J connectivity index is 0.000000595. The second-order valence-corrected chi connectivity index (χ2v) is 4.99. The monoisotopic (exact) mass is 349 g/mol. The summed E-state index contributed by atoms with van der Waals surface area (Å²) in [5.74, 6) is -1.85. The second-order valence-electron chi connectivity index (χ2n) is 4.58. The number of carbonyl (C=O) groups excluding carboxylic acids is 1. The number of hydrogen-bond acceptors (Lipinski definition) is 3. The third-order valence-corrected chi connectivity index (χ3v) is 3.69. The smallest absolute Gasteiger partial charge is 0.262 e. The van der Waals surface area contributed by atoms with Gasteiger partial charge in [0, 0.05) is 17.1 Å². The topological polar surface area (TPSA) is 35.9 Å². The van der Waals surface area contributed by atoms with Crippen LogP contribution >= 0.6 is 11.6 Å². The van der Waals surface area contributed by atoms with Crippen LogP contribution in [-0.2, 0) is 4.79 Å². The summed E-state index contributed by atoms with van der Waals surface area (Å²) in [6, 6.07) is 2.88. The van der Waals surface area contributed by atoms with Crippen LogP contribution in [0.4, 0.5) is 23.2 Å². The lowest BCUT2D eigenvalue weighted by atomic mass is 10.1. The first-order chi connectivity index (χ1) is 10.9. The van der Waals surface area contributed by atoms with Gasteiger partial charge in [-0.25, -0.2) is 18.1 Å². The molecule has 0 bridgehead atoms. The molecular weight excluding hydrogens is 338 g/mol. The predicted molar refractivity (Wildman–Crippen MR) is 78.9 cm³/mol. The maximum atomic E-state index is 14.3. The first-order valence-corrected chi connectivity index (χ1v) is 6.90. The molecule has 0 fully saturated rings. The van der Waals surface area contributed by atoms with Crippen LogP contribution < -0.4 is 4.90 Å². The lowest BCUT2D eigenvalue weighted by molar-refractivity contribution is -0.113. The summed E-state index contributed by atoms with van der Waals surface area (Å²) in [6.07, 6.45) is 0.827. The molecule has 2 aliphatic rings. The number of halogens is 5. The molecule has 0 aromatic heterocycles. The van der Waals surface area contributed by atoms with E-state index >= 15 is 0 Å². The van der Waals surface area contributed by atoms with E-state index in [-0.39, 0.29) is 22.2 Å². The van der Waals surface area contributed by atoms with Gasteiger partial charge in [0.05, 0.1) is 18.3 Å². The number of carbonyl (C=O) groups is 1. The Labute approximate surface area is 134 Å². The highest BCUT2D eigenvalue weighted by Crippen LogP contribution is 2.31. The zero-order valence-corrected chi connectivity index (χ0v) is 12.7. The van der Waals surface area contributed by atoms with Gasteiger partial charge in [-0.05, 0) is 19.1 Å². The van der Waals surface area contributed by atoms with Crippen LogP contribution in [0.2, 0.25) is 5.02 Å². The van der Waals surface area contributed by atoms with Crippen molar-refractivity contribution in [3.8, 4) is 0 Å². The van der Waals surface area contributed by atoms with E-state index in [2.05, 4.69) is 4.99 Å². The van der Waals surface area contributed by atoms with Crippen molar-refractivity contribution in [3.05, 3.63) is 40.6 Å². The molecule has 124 valence electrons. The van der Waals surface area contributed by atoms with Gasteiger partial charge < -0.3 is 0 Å². The van der Waals surface area contributed by atoms with Gasteiger partial charge >= 0.3 is 0 Å². The molecule has 23 heavy (non-hydrogen) atoms. The van der Waals surface area contributed by atoms with Crippen molar-refractivity contribution in [2.45, 2.75) is 6.92 Å². The van der Waals surface area contributed by atoms with Gasteiger partial charge in [0.2, 0.25) is 18.8 Å². The van der Waals surface area contributed by atoms with Crippen LogP contribution in [0.25, 0.3) is 0 Å². The number of fused-ring (bicyclic) bond motifs is 1. The van der Waals surface area contributed by atoms with Crippen molar-refractivity contribution in [1.29, 1.82) is 0 Å². The number of nitrogens with zero attached hydrogens (tertiary/aromatic N) is 3. The van der Waals surface area contributed by atoms with E-state index < -0.39 is 24.6 Å². The highest BCUT2D eigenvalue weighted by atomic mass is 35.5. The quantitative estimate of drug-likeness (QED) is 0.574. The van der Waals surface area contributed by atoms with E-state index in [0.29, 0.717) is 13.1 Å². The Morgan fingerprint density at radius 1 is 1.30 bits per heavy atom. The number of hydrogen-bond donors (Lipinski definition) is 0. The lowest BCUT2D eigenvalue weighted by Crippen LogP contribution is -2.48. The van der Waals surface area contributed by atoms with E-state index in [0.717, 1.165) is 11.0 Å². The number of amides is 1. The largest absolute Gasteiger partial charge is 0.286 e. The van der Waals surface area contributed by atoms with Gasteiger partial charge in [-0.3, -0.25) is 14.7 Å². The minimum absolute atomic E-state index is 0.0197. The van der Waals surface area contributed by atoms with Crippen LogP contribution in [0.5, 0.6) is 0 Å². The fourth-order valence-corrected chi connectivity index (χ4v) is 2.36. The zero-order chi connectivity index (χ0) is 17.1. The number of benzene rings is 1. The molecule has 0 N–H and O–H groups in total. The zero-order valence-electron chi connectivity index (χ0n) is 12.0. The van der Waals surface area contributed by atoms with Crippen molar-refractivity contribution in [2.24, 2.45) is 4.99 Å². The number of alkyl halides is 2. The fourth-order valence-electron chi connectivity index (χ4n) is 2.22.